The molecule has 3 aromatic rings. The zero-order valence-electron chi connectivity index (χ0n) is 15.9. The van der Waals surface area contributed by atoms with Gasteiger partial charge in [0.25, 0.3) is 5.91 Å². The van der Waals surface area contributed by atoms with Crippen molar-refractivity contribution in [1.82, 2.24) is 9.88 Å². The molecule has 0 fully saturated rings. The lowest BCUT2D eigenvalue weighted by Gasteiger charge is -2.25. The van der Waals surface area contributed by atoms with Gasteiger partial charge in [-0.05, 0) is 45.0 Å². The van der Waals surface area contributed by atoms with Gasteiger partial charge in [0.2, 0.25) is 0 Å². The first kappa shape index (κ1) is 19.7. The summed E-state index contributed by atoms with van der Waals surface area (Å²) < 4.78 is 0. The second-order valence-corrected chi connectivity index (χ2v) is 8.93. The molecule has 1 aromatic carbocycles. The molecule has 0 unspecified atom stereocenters. The summed E-state index contributed by atoms with van der Waals surface area (Å²) in [6.07, 6.45) is 0.713. The number of thiophene rings is 1. The van der Waals surface area contributed by atoms with Gasteiger partial charge in [-0.2, -0.15) is 0 Å². The van der Waals surface area contributed by atoms with Crippen LogP contribution in [0.2, 0.25) is 0 Å². The van der Waals surface area contributed by atoms with Crippen molar-refractivity contribution >= 4 is 28.6 Å². The Labute approximate surface area is 168 Å². The fourth-order valence-corrected chi connectivity index (χ4v) is 4.59. The number of carbonyl (C=O) groups is 1. The van der Waals surface area contributed by atoms with Crippen LogP contribution < -0.4 is 5.73 Å². The standard InChI is InChI=1S/C21H25N3OS2/c1-14(2)24(21(25)18-13-26-20(23-18)10-11-22)12-17-8-9-19(27-17)16-6-4-15(3)5-7-16/h4-9,13-14H,10-12,22H2,1-3H3. The van der Waals surface area contributed by atoms with Gasteiger partial charge in [0.05, 0.1) is 11.6 Å². The maximum Gasteiger partial charge on any atom is 0.273 e. The van der Waals surface area contributed by atoms with Crippen molar-refractivity contribution in [3.8, 4) is 10.4 Å². The normalized spacial score (nSPS) is 11.1. The van der Waals surface area contributed by atoms with Gasteiger partial charge >= 0.3 is 0 Å². The number of thiazole rings is 1. The van der Waals surface area contributed by atoms with E-state index in [4.69, 9.17) is 5.73 Å². The Kier molecular flexibility index (Phi) is 6.42. The summed E-state index contributed by atoms with van der Waals surface area (Å²) in [7, 11) is 0. The second-order valence-electron chi connectivity index (χ2n) is 6.82. The third-order valence-electron chi connectivity index (χ3n) is 4.34. The number of aryl methyl sites for hydroxylation is 1. The van der Waals surface area contributed by atoms with Crippen LogP contribution in [0.4, 0.5) is 0 Å². The van der Waals surface area contributed by atoms with Crippen LogP contribution in [0.1, 0.15) is 39.8 Å². The molecule has 2 heterocycles. The summed E-state index contributed by atoms with van der Waals surface area (Å²) in [6, 6.07) is 12.9. The van der Waals surface area contributed by atoms with Crippen molar-refractivity contribution in [3.63, 3.8) is 0 Å². The van der Waals surface area contributed by atoms with Crippen molar-refractivity contribution in [2.75, 3.05) is 6.54 Å². The molecule has 0 aliphatic rings. The lowest BCUT2D eigenvalue weighted by molar-refractivity contribution is 0.0687. The minimum Gasteiger partial charge on any atom is -0.330 e. The second kappa shape index (κ2) is 8.78. The number of hydrogen-bond acceptors (Lipinski definition) is 5. The molecule has 0 aliphatic heterocycles. The third-order valence-corrected chi connectivity index (χ3v) is 6.36. The van der Waals surface area contributed by atoms with Crippen LogP contribution in [0.25, 0.3) is 10.4 Å². The van der Waals surface area contributed by atoms with E-state index in [0.717, 1.165) is 5.01 Å². The van der Waals surface area contributed by atoms with Crippen molar-refractivity contribution < 1.29 is 4.79 Å². The van der Waals surface area contributed by atoms with Crippen LogP contribution in [-0.4, -0.2) is 28.4 Å². The number of aromatic nitrogens is 1. The summed E-state index contributed by atoms with van der Waals surface area (Å²) in [5.41, 5.74) is 8.58. The third kappa shape index (κ3) is 4.83. The van der Waals surface area contributed by atoms with Crippen LogP contribution in [-0.2, 0) is 13.0 Å². The smallest absolute Gasteiger partial charge is 0.273 e. The summed E-state index contributed by atoms with van der Waals surface area (Å²) in [5, 5.41) is 2.76. The number of benzene rings is 1. The first-order chi connectivity index (χ1) is 13.0. The Morgan fingerprint density at radius 2 is 1.93 bits per heavy atom. The predicted molar refractivity (Wildman–Crippen MR) is 114 cm³/mol. The van der Waals surface area contributed by atoms with Gasteiger partial charge in [0.15, 0.2) is 0 Å². The zero-order chi connectivity index (χ0) is 19.4. The van der Waals surface area contributed by atoms with E-state index >= 15 is 0 Å². The van der Waals surface area contributed by atoms with Crippen molar-refractivity contribution in [2.24, 2.45) is 5.73 Å². The molecule has 2 N–H and O–H groups in total. The molecule has 0 saturated heterocycles. The van der Waals surface area contributed by atoms with Gasteiger partial charge in [-0.15, -0.1) is 22.7 Å². The van der Waals surface area contributed by atoms with Gasteiger partial charge in [0, 0.05) is 27.6 Å². The average molecular weight is 400 g/mol. The highest BCUT2D eigenvalue weighted by molar-refractivity contribution is 7.15. The summed E-state index contributed by atoms with van der Waals surface area (Å²) >= 11 is 3.24. The largest absolute Gasteiger partial charge is 0.330 e. The highest BCUT2D eigenvalue weighted by atomic mass is 32.1. The van der Waals surface area contributed by atoms with Crippen molar-refractivity contribution in [1.29, 1.82) is 0 Å². The molecule has 0 aliphatic carbocycles. The fraction of sp³-hybridized carbons (Fsp3) is 0.333. The zero-order valence-corrected chi connectivity index (χ0v) is 17.6. The molecule has 27 heavy (non-hydrogen) atoms. The molecular weight excluding hydrogens is 374 g/mol. The molecule has 0 saturated carbocycles. The van der Waals surface area contributed by atoms with Crippen molar-refractivity contribution in [3.05, 3.63) is 62.9 Å². The molecular formula is C21H25N3OS2. The van der Waals surface area contributed by atoms with E-state index in [1.54, 1.807) is 11.3 Å². The minimum atomic E-state index is -0.0187. The molecule has 1 amide bonds. The topological polar surface area (TPSA) is 59.2 Å². The predicted octanol–water partition coefficient (Wildman–Crippen LogP) is 4.73. The van der Waals surface area contributed by atoms with Crippen LogP contribution in [0.5, 0.6) is 0 Å². The maximum atomic E-state index is 13.0. The molecule has 2 aromatic heterocycles. The average Bonchev–Trinajstić information content (AvgIpc) is 3.29. The number of amides is 1. The molecule has 0 spiro atoms. The molecule has 6 heteroatoms. The van der Waals surface area contributed by atoms with Gasteiger partial charge in [-0.3, -0.25) is 4.79 Å². The van der Waals surface area contributed by atoms with E-state index in [1.807, 2.05) is 24.1 Å². The summed E-state index contributed by atoms with van der Waals surface area (Å²) in [5.74, 6) is -0.0187. The Hall–Kier alpha value is -2.02. The lowest BCUT2D eigenvalue weighted by Crippen LogP contribution is -2.36. The Balaban J connectivity index is 1.76. The van der Waals surface area contributed by atoms with Gasteiger partial charge in [-0.25, -0.2) is 4.98 Å². The van der Waals surface area contributed by atoms with Crippen LogP contribution in [0.15, 0.2) is 41.8 Å². The Morgan fingerprint density at radius 3 is 2.59 bits per heavy atom. The van der Waals surface area contributed by atoms with E-state index in [9.17, 15) is 4.79 Å². The fourth-order valence-electron chi connectivity index (χ4n) is 2.79. The van der Waals surface area contributed by atoms with Gasteiger partial charge in [0.1, 0.15) is 5.69 Å². The van der Waals surface area contributed by atoms with Crippen molar-refractivity contribution in [2.45, 2.75) is 39.8 Å². The Morgan fingerprint density at radius 1 is 1.19 bits per heavy atom. The summed E-state index contributed by atoms with van der Waals surface area (Å²) in [4.78, 5) is 21.7. The van der Waals surface area contributed by atoms with E-state index in [0.29, 0.717) is 25.2 Å². The highest BCUT2D eigenvalue weighted by Gasteiger charge is 2.22. The number of nitrogens with two attached hydrogens (primary N) is 1. The first-order valence-corrected chi connectivity index (χ1v) is 10.8. The first-order valence-electron chi connectivity index (χ1n) is 9.09. The minimum absolute atomic E-state index is 0.0187. The van der Waals surface area contributed by atoms with Crippen LogP contribution in [0.3, 0.4) is 0 Å². The lowest BCUT2D eigenvalue weighted by atomic mass is 10.1. The maximum absolute atomic E-state index is 13.0. The number of hydrogen-bond donors (Lipinski definition) is 1. The number of nitrogens with zero attached hydrogens (tertiary/aromatic N) is 2. The van der Waals surface area contributed by atoms with E-state index in [2.05, 4.69) is 48.3 Å². The molecule has 3 rings (SSSR count). The summed E-state index contributed by atoms with van der Waals surface area (Å²) in [6.45, 7) is 7.31. The molecule has 0 bridgehead atoms. The Bertz CT molecular complexity index is 896. The van der Waals surface area contributed by atoms with Crippen LogP contribution >= 0.6 is 22.7 Å². The SMILES string of the molecule is Cc1ccc(-c2ccc(CN(C(=O)c3csc(CCN)n3)C(C)C)s2)cc1. The molecule has 142 valence electrons. The number of carbonyl (C=O) groups excluding carboxylic acids is 1. The van der Waals surface area contributed by atoms with Crippen LogP contribution in [0, 0.1) is 6.92 Å². The van der Waals surface area contributed by atoms with Gasteiger partial charge < -0.3 is 10.6 Å². The monoisotopic (exact) mass is 399 g/mol. The van der Waals surface area contributed by atoms with Gasteiger partial charge in [-0.1, -0.05) is 29.8 Å². The van der Waals surface area contributed by atoms with E-state index < -0.39 is 0 Å². The van der Waals surface area contributed by atoms with E-state index in [1.165, 1.54) is 32.2 Å². The number of rotatable bonds is 7. The molecule has 0 radical (unpaired) electrons. The molecule has 0 atom stereocenters. The van der Waals surface area contributed by atoms with E-state index in [-0.39, 0.29) is 11.9 Å². The molecule has 4 nitrogen and oxygen atoms in total. The quantitative estimate of drug-likeness (QED) is 0.625. The highest BCUT2D eigenvalue weighted by Crippen LogP contribution is 2.29.